The van der Waals surface area contributed by atoms with Crippen LogP contribution in [0.15, 0.2) is 28.7 Å². The van der Waals surface area contributed by atoms with Crippen LogP contribution in [0.3, 0.4) is 0 Å². The molecule has 1 aromatic rings. The standard InChI is InChI=1S/C15H23BrN2OS2/c1-18(2)9-11-21-20-10-3-8-17-15(19)12-13-4-6-14(16)7-5-13/h4-7H,3,8-12H2,1-2H3,(H,17,19). The number of carbonyl (C=O) groups is 1. The first-order valence-electron chi connectivity index (χ1n) is 6.98. The number of carbonyl (C=O) groups excluding carboxylic acids is 1. The van der Waals surface area contributed by atoms with E-state index in [-0.39, 0.29) is 5.91 Å². The summed E-state index contributed by atoms with van der Waals surface area (Å²) in [6.07, 6.45) is 1.48. The number of hydrogen-bond acceptors (Lipinski definition) is 4. The van der Waals surface area contributed by atoms with Crippen LogP contribution in [0.4, 0.5) is 0 Å². The van der Waals surface area contributed by atoms with E-state index in [1.54, 1.807) is 0 Å². The molecule has 1 amide bonds. The minimum atomic E-state index is 0.0996. The van der Waals surface area contributed by atoms with Crippen molar-refractivity contribution in [2.24, 2.45) is 0 Å². The van der Waals surface area contributed by atoms with E-state index in [9.17, 15) is 4.79 Å². The molecule has 0 aromatic heterocycles. The van der Waals surface area contributed by atoms with E-state index < -0.39 is 0 Å². The average molecular weight is 391 g/mol. The summed E-state index contributed by atoms with van der Waals surface area (Å²) in [5, 5.41) is 2.97. The van der Waals surface area contributed by atoms with Gasteiger partial charge in [0, 0.05) is 29.1 Å². The highest BCUT2D eigenvalue weighted by Crippen LogP contribution is 2.21. The van der Waals surface area contributed by atoms with E-state index in [0.717, 1.165) is 41.1 Å². The second-order valence-electron chi connectivity index (χ2n) is 4.95. The zero-order chi connectivity index (χ0) is 15.5. The van der Waals surface area contributed by atoms with E-state index in [0.29, 0.717) is 6.42 Å². The summed E-state index contributed by atoms with van der Waals surface area (Å²) in [5.74, 6) is 2.33. The first-order valence-corrected chi connectivity index (χ1v) is 10.3. The predicted molar refractivity (Wildman–Crippen MR) is 98.9 cm³/mol. The molecule has 0 spiro atoms. The van der Waals surface area contributed by atoms with Gasteiger partial charge >= 0.3 is 0 Å². The zero-order valence-corrected chi connectivity index (χ0v) is 15.8. The summed E-state index contributed by atoms with van der Waals surface area (Å²) in [4.78, 5) is 14.0. The molecule has 0 unspecified atom stereocenters. The molecular formula is C15H23BrN2OS2. The molecule has 21 heavy (non-hydrogen) atoms. The van der Waals surface area contributed by atoms with Crippen molar-refractivity contribution in [2.45, 2.75) is 12.8 Å². The Morgan fingerprint density at radius 1 is 1.19 bits per heavy atom. The van der Waals surface area contributed by atoms with Gasteiger partial charge in [0.25, 0.3) is 0 Å². The van der Waals surface area contributed by atoms with Gasteiger partial charge in [0.05, 0.1) is 6.42 Å². The SMILES string of the molecule is CN(C)CCSSCCCNC(=O)Cc1ccc(Br)cc1. The highest BCUT2D eigenvalue weighted by atomic mass is 79.9. The third-order valence-corrected chi connectivity index (χ3v) is 5.71. The lowest BCUT2D eigenvalue weighted by atomic mass is 10.1. The minimum absolute atomic E-state index is 0.0996. The lowest BCUT2D eigenvalue weighted by Crippen LogP contribution is -2.26. The van der Waals surface area contributed by atoms with Crippen molar-refractivity contribution in [2.75, 3.05) is 38.7 Å². The molecule has 3 nitrogen and oxygen atoms in total. The fourth-order valence-corrected chi connectivity index (χ4v) is 4.03. The molecule has 0 aliphatic heterocycles. The van der Waals surface area contributed by atoms with Crippen LogP contribution < -0.4 is 5.32 Å². The predicted octanol–water partition coefficient (Wildman–Crippen LogP) is 3.44. The fraction of sp³-hybridized carbons (Fsp3) is 0.533. The molecule has 0 saturated carbocycles. The van der Waals surface area contributed by atoms with Crippen molar-refractivity contribution in [3.05, 3.63) is 34.3 Å². The average Bonchev–Trinajstić information content (AvgIpc) is 2.44. The number of hydrogen-bond donors (Lipinski definition) is 1. The maximum absolute atomic E-state index is 11.8. The molecule has 1 N–H and O–H groups in total. The molecule has 0 aliphatic carbocycles. The molecule has 0 fully saturated rings. The van der Waals surface area contributed by atoms with Crippen LogP contribution in [0.1, 0.15) is 12.0 Å². The van der Waals surface area contributed by atoms with Crippen LogP contribution in [0, 0.1) is 0 Å². The van der Waals surface area contributed by atoms with Crippen LogP contribution in [-0.4, -0.2) is 49.5 Å². The molecule has 0 atom stereocenters. The van der Waals surface area contributed by atoms with Crippen LogP contribution in [-0.2, 0) is 11.2 Å². The van der Waals surface area contributed by atoms with Gasteiger partial charge in [-0.1, -0.05) is 49.7 Å². The Balaban J connectivity index is 2.00. The van der Waals surface area contributed by atoms with E-state index >= 15 is 0 Å². The summed E-state index contributed by atoms with van der Waals surface area (Å²) in [5.41, 5.74) is 1.05. The summed E-state index contributed by atoms with van der Waals surface area (Å²) in [6.45, 7) is 1.87. The van der Waals surface area contributed by atoms with E-state index in [4.69, 9.17) is 0 Å². The normalized spacial score (nSPS) is 10.9. The monoisotopic (exact) mass is 390 g/mol. The van der Waals surface area contributed by atoms with Gasteiger partial charge in [0.1, 0.15) is 0 Å². The molecule has 1 aromatic carbocycles. The quantitative estimate of drug-likeness (QED) is 0.489. The molecule has 0 saturated heterocycles. The van der Waals surface area contributed by atoms with Gasteiger partial charge in [-0.2, -0.15) is 0 Å². The second-order valence-corrected chi connectivity index (χ2v) is 8.57. The first-order chi connectivity index (χ1) is 10.1. The number of benzene rings is 1. The molecule has 0 aliphatic rings. The smallest absolute Gasteiger partial charge is 0.224 e. The molecule has 0 heterocycles. The Hall–Kier alpha value is -0.170. The van der Waals surface area contributed by atoms with Gasteiger partial charge in [0.15, 0.2) is 0 Å². The van der Waals surface area contributed by atoms with Crippen molar-refractivity contribution in [3.8, 4) is 0 Å². The summed E-state index contributed by atoms with van der Waals surface area (Å²) >= 11 is 3.39. The molecule has 0 bridgehead atoms. The van der Waals surface area contributed by atoms with Crippen LogP contribution >= 0.6 is 37.5 Å². The Morgan fingerprint density at radius 2 is 1.86 bits per heavy atom. The van der Waals surface area contributed by atoms with E-state index in [1.807, 2.05) is 45.9 Å². The van der Waals surface area contributed by atoms with Gasteiger partial charge in [-0.25, -0.2) is 0 Å². The summed E-state index contributed by atoms with van der Waals surface area (Å²) in [6, 6.07) is 7.87. The third kappa shape index (κ3) is 10.2. The number of nitrogens with zero attached hydrogens (tertiary/aromatic N) is 1. The Morgan fingerprint density at radius 3 is 2.52 bits per heavy atom. The second kappa shape index (κ2) is 11.4. The summed E-state index contributed by atoms with van der Waals surface area (Å²) in [7, 11) is 7.97. The number of rotatable bonds is 10. The number of halogens is 1. The van der Waals surface area contributed by atoms with Crippen molar-refractivity contribution in [1.29, 1.82) is 0 Å². The maximum atomic E-state index is 11.8. The van der Waals surface area contributed by atoms with Gasteiger partial charge in [-0.3, -0.25) is 4.79 Å². The maximum Gasteiger partial charge on any atom is 0.224 e. The van der Waals surface area contributed by atoms with Gasteiger partial charge in [-0.15, -0.1) is 0 Å². The van der Waals surface area contributed by atoms with Crippen molar-refractivity contribution < 1.29 is 4.79 Å². The van der Waals surface area contributed by atoms with Crippen molar-refractivity contribution >= 4 is 43.4 Å². The first kappa shape index (κ1) is 18.9. The topological polar surface area (TPSA) is 32.3 Å². The molecule has 1 rings (SSSR count). The number of amides is 1. The van der Waals surface area contributed by atoms with Crippen LogP contribution in [0.25, 0.3) is 0 Å². The Kier molecular flexibility index (Phi) is 10.3. The minimum Gasteiger partial charge on any atom is -0.356 e. The highest BCUT2D eigenvalue weighted by Gasteiger charge is 2.02. The third-order valence-electron chi connectivity index (χ3n) is 2.71. The van der Waals surface area contributed by atoms with E-state index in [2.05, 4.69) is 40.2 Å². The van der Waals surface area contributed by atoms with Crippen LogP contribution in [0.5, 0.6) is 0 Å². The van der Waals surface area contributed by atoms with Gasteiger partial charge in [-0.05, 0) is 38.2 Å². The largest absolute Gasteiger partial charge is 0.356 e. The highest BCUT2D eigenvalue weighted by molar-refractivity contribution is 9.10. The zero-order valence-electron chi connectivity index (χ0n) is 12.6. The van der Waals surface area contributed by atoms with Crippen molar-refractivity contribution in [3.63, 3.8) is 0 Å². The summed E-state index contributed by atoms with van der Waals surface area (Å²) < 4.78 is 1.04. The van der Waals surface area contributed by atoms with Gasteiger partial charge in [0.2, 0.25) is 5.91 Å². The Labute approximate surface area is 144 Å². The Bertz CT molecular complexity index is 413. The lowest BCUT2D eigenvalue weighted by Gasteiger charge is -2.08. The van der Waals surface area contributed by atoms with Crippen molar-refractivity contribution in [1.82, 2.24) is 10.2 Å². The fourth-order valence-electron chi connectivity index (χ4n) is 1.55. The van der Waals surface area contributed by atoms with E-state index in [1.165, 1.54) is 0 Å². The molecule has 118 valence electrons. The number of nitrogens with one attached hydrogen (secondary N) is 1. The lowest BCUT2D eigenvalue weighted by molar-refractivity contribution is -0.120. The van der Waals surface area contributed by atoms with Crippen LogP contribution in [0.2, 0.25) is 0 Å². The molecule has 6 heteroatoms. The van der Waals surface area contributed by atoms with Gasteiger partial charge < -0.3 is 10.2 Å². The molecule has 0 radical (unpaired) electrons. The molecular weight excluding hydrogens is 368 g/mol.